The maximum absolute atomic E-state index is 12.4. The number of benzene rings is 1. The minimum Gasteiger partial charge on any atom is -0.469 e. The topological polar surface area (TPSA) is 81.9 Å². The third kappa shape index (κ3) is 3.48. The molecule has 6 heteroatoms. The number of anilines is 1. The molecule has 1 fully saturated rings. The van der Waals surface area contributed by atoms with Crippen LogP contribution < -0.4 is 5.73 Å². The predicted molar refractivity (Wildman–Crippen MR) is 73.1 cm³/mol. The summed E-state index contributed by atoms with van der Waals surface area (Å²) in [7, 11) is 1.33. The Labute approximate surface area is 117 Å². The first-order valence-electron chi connectivity index (χ1n) is 6.43. The molecule has 20 heavy (non-hydrogen) atoms. The number of nitrogen functional groups attached to an aromatic ring is 1. The lowest BCUT2D eigenvalue weighted by Gasteiger charge is -2.32. The van der Waals surface area contributed by atoms with E-state index in [1.54, 1.807) is 29.2 Å². The van der Waals surface area contributed by atoms with Crippen molar-refractivity contribution >= 4 is 17.6 Å². The van der Waals surface area contributed by atoms with Crippen LogP contribution >= 0.6 is 0 Å². The molecule has 0 aromatic heterocycles. The van der Waals surface area contributed by atoms with Gasteiger partial charge in [-0.3, -0.25) is 9.59 Å². The van der Waals surface area contributed by atoms with Crippen LogP contribution in [-0.2, 0) is 14.3 Å². The lowest BCUT2D eigenvalue weighted by molar-refractivity contribution is -0.145. The van der Waals surface area contributed by atoms with Crippen LogP contribution in [0, 0.1) is 0 Å². The van der Waals surface area contributed by atoms with E-state index in [4.69, 9.17) is 10.5 Å². The zero-order valence-corrected chi connectivity index (χ0v) is 11.4. The first-order chi connectivity index (χ1) is 9.60. The Morgan fingerprint density at radius 2 is 2.30 bits per heavy atom. The second kappa shape index (κ2) is 6.38. The summed E-state index contributed by atoms with van der Waals surface area (Å²) in [5, 5.41) is 0. The highest BCUT2D eigenvalue weighted by Gasteiger charge is 2.26. The fourth-order valence-electron chi connectivity index (χ4n) is 2.15. The van der Waals surface area contributed by atoms with Crippen molar-refractivity contribution in [3.05, 3.63) is 29.8 Å². The van der Waals surface area contributed by atoms with E-state index in [9.17, 15) is 9.59 Å². The lowest BCUT2D eigenvalue weighted by atomic mass is 10.1. The van der Waals surface area contributed by atoms with Gasteiger partial charge in [0.1, 0.15) is 0 Å². The molecule has 1 heterocycles. The summed E-state index contributed by atoms with van der Waals surface area (Å²) in [6.07, 6.45) is -0.168. The summed E-state index contributed by atoms with van der Waals surface area (Å²) in [6, 6.07) is 6.85. The number of amides is 1. The highest BCUT2D eigenvalue weighted by molar-refractivity contribution is 5.95. The van der Waals surface area contributed by atoms with Gasteiger partial charge in [-0.2, -0.15) is 0 Å². The minimum absolute atomic E-state index is 0.101. The number of rotatable bonds is 3. The van der Waals surface area contributed by atoms with Crippen LogP contribution in [0.2, 0.25) is 0 Å². The molecular formula is C14H18N2O4. The minimum atomic E-state index is -0.340. The number of carbonyl (C=O) groups excluding carboxylic acids is 2. The normalized spacial score (nSPS) is 18.6. The van der Waals surface area contributed by atoms with Crippen LogP contribution in [-0.4, -0.2) is 49.7 Å². The number of nitrogens with zero attached hydrogens (tertiary/aromatic N) is 1. The Bertz CT molecular complexity index is 504. The van der Waals surface area contributed by atoms with E-state index in [0.29, 0.717) is 30.9 Å². The standard InChI is InChI=1S/C14H18N2O4/c1-19-13(17)8-12-9-16(5-6-20-12)14(18)10-3-2-4-11(15)7-10/h2-4,7,12H,5-6,8-9,15H2,1H3. The van der Waals surface area contributed by atoms with Gasteiger partial charge in [0.15, 0.2) is 0 Å². The molecule has 2 N–H and O–H groups in total. The first-order valence-corrected chi connectivity index (χ1v) is 6.43. The Balaban J connectivity index is 2.01. The fourth-order valence-corrected chi connectivity index (χ4v) is 2.15. The van der Waals surface area contributed by atoms with Crippen LogP contribution in [0.1, 0.15) is 16.8 Å². The smallest absolute Gasteiger partial charge is 0.308 e. The van der Waals surface area contributed by atoms with Gasteiger partial charge in [0.2, 0.25) is 0 Å². The number of esters is 1. The molecule has 0 aliphatic carbocycles. The summed E-state index contributed by atoms with van der Waals surface area (Å²) < 4.78 is 10.1. The maximum Gasteiger partial charge on any atom is 0.308 e. The van der Waals surface area contributed by atoms with Gasteiger partial charge < -0.3 is 20.1 Å². The number of ether oxygens (including phenoxy) is 2. The fraction of sp³-hybridized carbons (Fsp3) is 0.429. The molecule has 1 unspecified atom stereocenters. The summed E-state index contributed by atoms with van der Waals surface area (Å²) >= 11 is 0. The van der Waals surface area contributed by atoms with Crippen LogP contribution in [0.4, 0.5) is 5.69 Å². The molecule has 108 valence electrons. The SMILES string of the molecule is COC(=O)CC1CN(C(=O)c2cccc(N)c2)CCO1. The number of methoxy groups -OCH3 is 1. The number of hydrogen-bond donors (Lipinski definition) is 1. The first kappa shape index (κ1) is 14.3. The molecule has 1 aromatic carbocycles. The van der Waals surface area contributed by atoms with Crippen molar-refractivity contribution in [2.24, 2.45) is 0 Å². The van der Waals surface area contributed by atoms with Gasteiger partial charge in [0.05, 0.1) is 26.2 Å². The largest absolute Gasteiger partial charge is 0.469 e. The average molecular weight is 278 g/mol. The molecule has 0 radical (unpaired) electrons. The summed E-state index contributed by atoms with van der Waals surface area (Å²) in [4.78, 5) is 25.3. The molecule has 1 aromatic rings. The Morgan fingerprint density at radius 1 is 1.50 bits per heavy atom. The number of nitrogens with two attached hydrogens (primary N) is 1. The Morgan fingerprint density at radius 3 is 3.00 bits per heavy atom. The van der Waals surface area contributed by atoms with Crippen LogP contribution in [0.5, 0.6) is 0 Å². The van der Waals surface area contributed by atoms with Crippen LogP contribution in [0.3, 0.4) is 0 Å². The van der Waals surface area contributed by atoms with E-state index in [1.807, 2.05) is 0 Å². The molecule has 0 saturated carbocycles. The van der Waals surface area contributed by atoms with E-state index in [1.165, 1.54) is 7.11 Å². The molecule has 2 rings (SSSR count). The summed E-state index contributed by atoms with van der Waals surface area (Å²) in [5.41, 5.74) is 6.78. The molecule has 1 atom stereocenters. The lowest BCUT2D eigenvalue weighted by Crippen LogP contribution is -2.46. The van der Waals surface area contributed by atoms with Gasteiger partial charge in [-0.25, -0.2) is 0 Å². The molecule has 0 spiro atoms. The van der Waals surface area contributed by atoms with E-state index in [0.717, 1.165) is 0 Å². The van der Waals surface area contributed by atoms with Crippen molar-refractivity contribution in [1.82, 2.24) is 4.90 Å². The van der Waals surface area contributed by atoms with E-state index >= 15 is 0 Å². The van der Waals surface area contributed by atoms with Crippen LogP contribution in [0.25, 0.3) is 0 Å². The van der Waals surface area contributed by atoms with Gasteiger partial charge in [0.25, 0.3) is 5.91 Å². The van der Waals surface area contributed by atoms with Crippen molar-refractivity contribution < 1.29 is 19.1 Å². The number of carbonyl (C=O) groups is 2. The molecule has 1 saturated heterocycles. The van der Waals surface area contributed by atoms with Gasteiger partial charge in [-0.05, 0) is 18.2 Å². The van der Waals surface area contributed by atoms with Crippen molar-refractivity contribution in [2.75, 3.05) is 32.5 Å². The predicted octanol–water partition coefficient (Wildman–Crippen LogP) is 0.673. The summed E-state index contributed by atoms with van der Waals surface area (Å²) in [5.74, 6) is -0.441. The number of hydrogen-bond acceptors (Lipinski definition) is 5. The van der Waals surface area contributed by atoms with Gasteiger partial charge >= 0.3 is 5.97 Å². The Kier molecular flexibility index (Phi) is 4.57. The zero-order valence-electron chi connectivity index (χ0n) is 11.4. The molecule has 0 bridgehead atoms. The highest BCUT2D eigenvalue weighted by atomic mass is 16.5. The van der Waals surface area contributed by atoms with Crippen molar-refractivity contribution in [3.8, 4) is 0 Å². The third-order valence-corrected chi connectivity index (χ3v) is 3.18. The van der Waals surface area contributed by atoms with E-state index in [2.05, 4.69) is 4.74 Å². The molecule has 1 amide bonds. The maximum atomic E-state index is 12.4. The Hall–Kier alpha value is -2.08. The van der Waals surface area contributed by atoms with E-state index in [-0.39, 0.29) is 24.4 Å². The van der Waals surface area contributed by atoms with Crippen molar-refractivity contribution in [2.45, 2.75) is 12.5 Å². The number of morpholine rings is 1. The van der Waals surface area contributed by atoms with Crippen molar-refractivity contribution in [3.63, 3.8) is 0 Å². The average Bonchev–Trinajstić information content (AvgIpc) is 2.46. The summed E-state index contributed by atoms with van der Waals surface area (Å²) in [6.45, 7) is 1.30. The quantitative estimate of drug-likeness (QED) is 0.649. The van der Waals surface area contributed by atoms with Gasteiger partial charge in [-0.1, -0.05) is 6.07 Å². The monoisotopic (exact) mass is 278 g/mol. The van der Waals surface area contributed by atoms with Gasteiger partial charge in [0, 0.05) is 24.3 Å². The molecule has 6 nitrogen and oxygen atoms in total. The van der Waals surface area contributed by atoms with Gasteiger partial charge in [-0.15, -0.1) is 0 Å². The van der Waals surface area contributed by atoms with Crippen molar-refractivity contribution in [1.29, 1.82) is 0 Å². The molecular weight excluding hydrogens is 260 g/mol. The van der Waals surface area contributed by atoms with E-state index < -0.39 is 0 Å². The highest BCUT2D eigenvalue weighted by Crippen LogP contribution is 2.14. The molecule has 1 aliphatic rings. The zero-order chi connectivity index (χ0) is 14.5. The second-order valence-corrected chi connectivity index (χ2v) is 4.65. The van der Waals surface area contributed by atoms with Crippen LogP contribution in [0.15, 0.2) is 24.3 Å². The second-order valence-electron chi connectivity index (χ2n) is 4.65. The molecule has 1 aliphatic heterocycles. The third-order valence-electron chi connectivity index (χ3n) is 3.18.